The molecule has 1 atom stereocenters. The number of hydrogen-bond acceptors (Lipinski definition) is 2. The molecule has 2 rings (SSSR count). The fourth-order valence-corrected chi connectivity index (χ4v) is 3.01. The summed E-state index contributed by atoms with van der Waals surface area (Å²) in [6.07, 6.45) is 0.893. The summed E-state index contributed by atoms with van der Waals surface area (Å²) in [5, 5.41) is 4.46. The number of rotatable bonds is 5. The largest absolute Gasteiger partial charge is 0.496 e. The summed E-state index contributed by atoms with van der Waals surface area (Å²) >= 11 is 15.8. The molecule has 0 heterocycles. The molecule has 0 bridgehead atoms. The first-order chi connectivity index (χ1) is 10.1. The van der Waals surface area contributed by atoms with Crippen molar-refractivity contribution < 1.29 is 4.74 Å². The number of halogens is 3. The summed E-state index contributed by atoms with van der Waals surface area (Å²) in [5.74, 6) is 0.858. The van der Waals surface area contributed by atoms with E-state index >= 15 is 0 Å². The van der Waals surface area contributed by atoms with Crippen LogP contribution < -0.4 is 10.1 Å². The Morgan fingerprint density at radius 1 is 1.14 bits per heavy atom. The molecule has 1 N–H and O–H groups in total. The molecule has 0 fully saturated rings. The van der Waals surface area contributed by atoms with Gasteiger partial charge in [-0.15, -0.1) is 0 Å². The van der Waals surface area contributed by atoms with Crippen molar-refractivity contribution in [2.45, 2.75) is 19.4 Å². The fraction of sp³-hybridized carbons (Fsp3) is 0.250. The van der Waals surface area contributed by atoms with Crippen molar-refractivity contribution >= 4 is 44.8 Å². The maximum Gasteiger partial charge on any atom is 0.124 e. The van der Waals surface area contributed by atoms with E-state index in [2.05, 4.69) is 28.2 Å². The number of anilines is 1. The van der Waals surface area contributed by atoms with Gasteiger partial charge in [0.15, 0.2) is 0 Å². The summed E-state index contributed by atoms with van der Waals surface area (Å²) in [6, 6.07) is 11.8. The molecule has 0 aliphatic carbocycles. The molecule has 0 saturated carbocycles. The zero-order valence-corrected chi connectivity index (χ0v) is 14.9. The van der Waals surface area contributed by atoms with Crippen molar-refractivity contribution in [2.24, 2.45) is 0 Å². The minimum Gasteiger partial charge on any atom is -0.496 e. The van der Waals surface area contributed by atoms with Gasteiger partial charge in [0.1, 0.15) is 5.75 Å². The Morgan fingerprint density at radius 2 is 1.86 bits per heavy atom. The van der Waals surface area contributed by atoms with Crippen LogP contribution in [-0.2, 0) is 0 Å². The van der Waals surface area contributed by atoms with E-state index in [1.54, 1.807) is 7.11 Å². The average Bonchev–Trinajstić information content (AvgIpc) is 2.52. The van der Waals surface area contributed by atoms with Gasteiger partial charge in [-0.1, -0.05) is 48.3 Å². The standard InChI is InChI=1S/C16H16BrCl2NO/c1-3-12(10-6-4-5-7-14(10)21-2)20-13-9-8-11(17)15(18)16(13)19/h4-9,12,20H,3H2,1-2H3. The quantitative estimate of drug-likeness (QED) is 0.604. The molecule has 0 aromatic heterocycles. The topological polar surface area (TPSA) is 21.3 Å². The molecule has 21 heavy (non-hydrogen) atoms. The van der Waals surface area contributed by atoms with E-state index in [1.807, 2.05) is 36.4 Å². The van der Waals surface area contributed by atoms with E-state index in [1.165, 1.54) is 0 Å². The van der Waals surface area contributed by atoms with E-state index in [0.29, 0.717) is 10.0 Å². The number of methoxy groups -OCH3 is 1. The van der Waals surface area contributed by atoms with Gasteiger partial charge in [0, 0.05) is 10.0 Å². The molecular formula is C16H16BrCl2NO. The molecular weight excluding hydrogens is 373 g/mol. The van der Waals surface area contributed by atoms with E-state index in [9.17, 15) is 0 Å². The van der Waals surface area contributed by atoms with Crippen LogP contribution in [0.4, 0.5) is 5.69 Å². The summed E-state index contributed by atoms with van der Waals surface area (Å²) < 4.78 is 6.21. The van der Waals surface area contributed by atoms with Crippen LogP contribution >= 0.6 is 39.1 Å². The predicted molar refractivity (Wildman–Crippen MR) is 93.8 cm³/mol. The third-order valence-electron chi connectivity index (χ3n) is 3.29. The van der Waals surface area contributed by atoms with E-state index in [0.717, 1.165) is 27.9 Å². The Bertz CT molecular complexity index is 634. The maximum atomic E-state index is 6.30. The lowest BCUT2D eigenvalue weighted by atomic mass is 10.0. The molecule has 0 aliphatic rings. The molecule has 2 aromatic carbocycles. The van der Waals surface area contributed by atoms with Crippen molar-refractivity contribution in [1.82, 2.24) is 0 Å². The van der Waals surface area contributed by atoms with Crippen molar-refractivity contribution in [3.05, 3.63) is 56.5 Å². The zero-order chi connectivity index (χ0) is 15.4. The van der Waals surface area contributed by atoms with Crippen LogP contribution in [0.1, 0.15) is 24.9 Å². The average molecular weight is 389 g/mol. The first-order valence-electron chi connectivity index (χ1n) is 6.61. The second-order valence-electron chi connectivity index (χ2n) is 4.57. The van der Waals surface area contributed by atoms with Gasteiger partial charge in [0.05, 0.1) is 28.9 Å². The summed E-state index contributed by atoms with van der Waals surface area (Å²) in [6.45, 7) is 2.11. The number of nitrogens with one attached hydrogen (secondary N) is 1. The SMILES string of the molecule is CCC(Nc1ccc(Br)c(Cl)c1Cl)c1ccccc1OC. The predicted octanol–water partition coefficient (Wildman–Crippen LogP) is 6.33. The van der Waals surface area contributed by atoms with Crippen LogP contribution in [0.15, 0.2) is 40.9 Å². The zero-order valence-electron chi connectivity index (χ0n) is 11.8. The van der Waals surface area contributed by atoms with Crippen LogP contribution in [0, 0.1) is 0 Å². The Balaban J connectivity index is 2.34. The lowest BCUT2D eigenvalue weighted by Gasteiger charge is -2.22. The smallest absolute Gasteiger partial charge is 0.124 e. The third-order valence-corrected chi connectivity index (χ3v) is 5.06. The Kier molecular flexibility index (Phi) is 5.80. The Labute approximate surface area is 143 Å². The molecule has 2 nitrogen and oxygen atoms in total. The van der Waals surface area contributed by atoms with Crippen molar-refractivity contribution in [3.8, 4) is 5.75 Å². The second kappa shape index (κ2) is 7.39. The third kappa shape index (κ3) is 3.65. The molecule has 0 spiro atoms. The number of para-hydroxylation sites is 1. The molecule has 1 unspecified atom stereocenters. The van der Waals surface area contributed by atoms with Gasteiger partial charge in [0.25, 0.3) is 0 Å². The monoisotopic (exact) mass is 387 g/mol. The second-order valence-corrected chi connectivity index (χ2v) is 6.18. The highest BCUT2D eigenvalue weighted by atomic mass is 79.9. The van der Waals surface area contributed by atoms with Gasteiger partial charge in [-0.2, -0.15) is 0 Å². The Morgan fingerprint density at radius 3 is 2.52 bits per heavy atom. The number of hydrogen-bond donors (Lipinski definition) is 1. The highest BCUT2D eigenvalue weighted by Crippen LogP contribution is 2.38. The van der Waals surface area contributed by atoms with E-state index < -0.39 is 0 Å². The molecule has 0 amide bonds. The van der Waals surface area contributed by atoms with Gasteiger partial charge < -0.3 is 10.1 Å². The maximum absolute atomic E-state index is 6.30. The summed E-state index contributed by atoms with van der Waals surface area (Å²) in [7, 11) is 1.68. The first-order valence-corrected chi connectivity index (χ1v) is 8.16. The molecule has 5 heteroatoms. The minimum absolute atomic E-state index is 0.0934. The molecule has 112 valence electrons. The molecule has 0 aliphatic heterocycles. The van der Waals surface area contributed by atoms with Crippen molar-refractivity contribution in [3.63, 3.8) is 0 Å². The number of benzene rings is 2. The first kappa shape index (κ1) is 16.5. The van der Waals surface area contributed by atoms with Crippen LogP contribution in [0.2, 0.25) is 10.0 Å². The van der Waals surface area contributed by atoms with Gasteiger partial charge in [-0.25, -0.2) is 0 Å². The Hall–Kier alpha value is -0.900. The van der Waals surface area contributed by atoms with Crippen LogP contribution in [-0.4, -0.2) is 7.11 Å². The summed E-state index contributed by atoms with van der Waals surface area (Å²) in [5.41, 5.74) is 1.90. The lowest BCUT2D eigenvalue weighted by Crippen LogP contribution is -2.11. The van der Waals surface area contributed by atoms with Gasteiger partial charge in [-0.05, 0) is 40.5 Å². The van der Waals surface area contributed by atoms with Crippen LogP contribution in [0.5, 0.6) is 5.75 Å². The van der Waals surface area contributed by atoms with Crippen molar-refractivity contribution in [1.29, 1.82) is 0 Å². The van der Waals surface area contributed by atoms with Gasteiger partial charge in [-0.3, -0.25) is 0 Å². The van der Waals surface area contributed by atoms with E-state index in [-0.39, 0.29) is 6.04 Å². The normalized spacial score (nSPS) is 12.0. The lowest BCUT2D eigenvalue weighted by molar-refractivity contribution is 0.406. The highest BCUT2D eigenvalue weighted by Gasteiger charge is 2.16. The minimum atomic E-state index is 0.0934. The number of ether oxygens (including phenoxy) is 1. The molecule has 2 aromatic rings. The van der Waals surface area contributed by atoms with Crippen LogP contribution in [0.25, 0.3) is 0 Å². The summed E-state index contributed by atoms with van der Waals surface area (Å²) in [4.78, 5) is 0. The van der Waals surface area contributed by atoms with E-state index in [4.69, 9.17) is 27.9 Å². The van der Waals surface area contributed by atoms with Gasteiger partial charge >= 0.3 is 0 Å². The van der Waals surface area contributed by atoms with Crippen LogP contribution in [0.3, 0.4) is 0 Å². The van der Waals surface area contributed by atoms with Crippen molar-refractivity contribution in [2.75, 3.05) is 12.4 Å². The fourth-order valence-electron chi connectivity index (χ4n) is 2.18. The highest BCUT2D eigenvalue weighted by molar-refractivity contribution is 9.10. The van der Waals surface area contributed by atoms with Gasteiger partial charge in [0.2, 0.25) is 0 Å². The molecule has 0 radical (unpaired) electrons. The molecule has 0 saturated heterocycles.